The van der Waals surface area contributed by atoms with Crippen LogP contribution in [0.4, 0.5) is 4.79 Å². The van der Waals surface area contributed by atoms with Crippen molar-refractivity contribution in [3.63, 3.8) is 0 Å². The number of carboxylic acid groups (broad SMARTS) is 1. The first kappa shape index (κ1) is 17.7. The van der Waals surface area contributed by atoms with Crippen LogP contribution in [0.2, 0.25) is 0 Å². The van der Waals surface area contributed by atoms with Gasteiger partial charge in [0.05, 0.1) is 24.0 Å². The second-order valence-corrected chi connectivity index (χ2v) is 7.86. The number of hydrogen-bond donors (Lipinski definition) is 1. The highest BCUT2D eigenvalue weighted by Gasteiger charge is 2.37. The van der Waals surface area contributed by atoms with E-state index in [1.54, 1.807) is 4.90 Å². The highest BCUT2D eigenvalue weighted by atomic mass is 32.2. The number of sulfone groups is 1. The Labute approximate surface area is 125 Å². The fourth-order valence-electron chi connectivity index (χ4n) is 2.49. The van der Waals surface area contributed by atoms with Gasteiger partial charge in [-0.1, -0.05) is 6.92 Å². The monoisotopic (exact) mass is 320 g/mol. The first-order chi connectivity index (χ1) is 9.68. The summed E-state index contributed by atoms with van der Waals surface area (Å²) in [5.74, 6) is -1.47. The average molecular weight is 320 g/mol. The zero-order chi connectivity index (χ0) is 16.2. The van der Waals surface area contributed by atoms with Crippen molar-refractivity contribution in [3.05, 3.63) is 0 Å². The molecule has 0 saturated carbocycles. The van der Waals surface area contributed by atoms with Crippen molar-refractivity contribution in [3.8, 4) is 0 Å². The van der Waals surface area contributed by atoms with Crippen molar-refractivity contribution in [2.45, 2.75) is 45.7 Å². The molecule has 0 bridgehead atoms. The van der Waals surface area contributed by atoms with Crippen LogP contribution in [0.3, 0.4) is 0 Å². The van der Waals surface area contributed by atoms with Gasteiger partial charge in [0.15, 0.2) is 9.84 Å². The summed E-state index contributed by atoms with van der Waals surface area (Å²) in [6.07, 6.45) is 0.447. The lowest BCUT2D eigenvalue weighted by molar-refractivity contribution is -0.138. The van der Waals surface area contributed by atoms with Crippen LogP contribution in [0.25, 0.3) is 0 Å². The number of carbonyl (C=O) groups excluding carboxylic acids is 1. The number of carbonyl (C=O) groups is 2. The van der Waals surface area contributed by atoms with Crippen LogP contribution in [0, 0.1) is 0 Å². The zero-order valence-corrected chi connectivity index (χ0v) is 13.6. The van der Waals surface area contributed by atoms with Gasteiger partial charge in [-0.3, -0.25) is 4.79 Å². The molecule has 1 fully saturated rings. The van der Waals surface area contributed by atoms with Crippen LogP contribution >= 0.6 is 0 Å². The van der Waals surface area contributed by atoms with E-state index in [9.17, 15) is 18.0 Å². The molecule has 1 heterocycles. The minimum atomic E-state index is -3.28. The fraction of sp³-hybridized carbons (Fsp3) is 0.846. The second kappa shape index (κ2) is 7.11. The SMILES string of the molecule is CCCN(C(=O)N1CCS(=O)(=O)CC1CC(=O)O)C(C)C. The summed E-state index contributed by atoms with van der Waals surface area (Å²) in [4.78, 5) is 26.6. The summed E-state index contributed by atoms with van der Waals surface area (Å²) in [7, 11) is -3.28. The molecule has 0 aromatic heterocycles. The first-order valence-electron chi connectivity index (χ1n) is 7.17. The summed E-state index contributed by atoms with van der Waals surface area (Å²) in [5.41, 5.74) is 0. The van der Waals surface area contributed by atoms with Crippen LogP contribution in [-0.4, -0.2) is 72.0 Å². The molecular formula is C13H24N2O5S. The first-order valence-corrected chi connectivity index (χ1v) is 8.99. The van der Waals surface area contributed by atoms with Crippen LogP contribution in [0.5, 0.6) is 0 Å². The van der Waals surface area contributed by atoms with E-state index < -0.39 is 21.8 Å². The quantitative estimate of drug-likeness (QED) is 0.808. The molecule has 1 atom stereocenters. The molecule has 0 aromatic rings. The summed E-state index contributed by atoms with van der Waals surface area (Å²) >= 11 is 0. The summed E-state index contributed by atoms with van der Waals surface area (Å²) in [5, 5.41) is 8.94. The smallest absolute Gasteiger partial charge is 0.320 e. The molecule has 122 valence electrons. The van der Waals surface area contributed by atoms with Crippen LogP contribution in [-0.2, 0) is 14.6 Å². The van der Waals surface area contributed by atoms with E-state index in [-0.39, 0.29) is 36.5 Å². The van der Waals surface area contributed by atoms with Gasteiger partial charge in [-0.05, 0) is 20.3 Å². The Hall–Kier alpha value is -1.31. The van der Waals surface area contributed by atoms with E-state index in [2.05, 4.69) is 0 Å². The summed E-state index contributed by atoms with van der Waals surface area (Å²) in [6, 6.07) is -1.07. The normalized spacial score (nSPS) is 21.3. The van der Waals surface area contributed by atoms with Gasteiger partial charge in [-0.25, -0.2) is 13.2 Å². The molecule has 1 saturated heterocycles. The van der Waals surface area contributed by atoms with Crippen LogP contribution in [0.15, 0.2) is 0 Å². The summed E-state index contributed by atoms with van der Waals surface area (Å²) in [6.45, 7) is 6.37. The van der Waals surface area contributed by atoms with E-state index in [1.165, 1.54) is 4.90 Å². The van der Waals surface area contributed by atoms with Crippen molar-refractivity contribution < 1.29 is 23.1 Å². The Balaban J connectivity index is 2.95. The number of nitrogens with zero attached hydrogens (tertiary/aromatic N) is 2. The van der Waals surface area contributed by atoms with Gasteiger partial charge >= 0.3 is 12.0 Å². The van der Waals surface area contributed by atoms with Gasteiger partial charge in [0.1, 0.15) is 0 Å². The van der Waals surface area contributed by atoms with Crippen molar-refractivity contribution >= 4 is 21.8 Å². The molecule has 7 nitrogen and oxygen atoms in total. The molecular weight excluding hydrogens is 296 g/mol. The third kappa shape index (κ3) is 4.87. The topological polar surface area (TPSA) is 95.0 Å². The molecule has 0 spiro atoms. The number of hydrogen-bond acceptors (Lipinski definition) is 4. The maximum absolute atomic E-state index is 12.6. The second-order valence-electron chi connectivity index (χ2n) is 5.63. The maximum atomic E-state index is 12.6. The molecule has 1 unspecified atom stereocenters. The molecule has 1 aliphatic rings. The molecule has 8 heteroatoms. The lowest BCUT2D eigenvalue weighted by Gasteiger charge is -2.39. The molecule has 0 radical (unpaired) electrons. The average Bonchev–Trinajstić information content (AvgIpc) is 2.33. The van der Waals surface area contributed by atoms with E-state index in [0.717, 1.165) is 6.42 Å². The molecule has 1 rings (SSSR count). The molecule has 2 amide bonds. The number of carboxylic acids is 1. The van der Waals surface area contributed by atoms with E-state index in [4.69, 9.17) is 5.11 Å². The number of urea groups is 1. The Morgan fingerprint density at radius 3 is 2.48 bits per heavy atom. The predicted molar refractivity (Wildman–Crippen MR) is 78.9 cm³/mol. The Morgan fingerprint density at radius 1 is 1.38 bits per heavy atom. The fourth-order valence-corrected chi connectivity index (χ4v) is 4.02. The van der Waals surface area contributed by atoms with Crippen molar-refractivity contribution in [2.75, 3.05) is 24.6 Å². The van der Waals surface area contributed by atoms with Gasteiger partial charge in [0, 0.05) is 19.1 Å². The third-order valence-electron chi connectivity index (χ3n) is 3.52. The molecule has 0 aromatic carbocycles. The van der Waals surface area contributed by atoms with Gasteiger partial charge in [0.25, 0.3) is 0 Å². The lowest BCUT2D eigenvalue weighted by atomic mass is 10.2. The lowest BCUT2D eigenvalue weighted by Crippen LogP contribution is -2.57. The van der Waals surface area contributed by atoms with Gasteiger partial charge < -0.3 is 14.9 Å². The maximum Gasteiger partial charge on any atom is 0.320 e. The molecule has 1 aliphatic heterocycles. The third-order valence-corrected chi connectivity index (χ3v) is 5.22. The largest absolute Gasteiger partial charge is 0.481 e. The van der Waals surface area contributed by atoms with Gasteiger partial charge in [-0.15, -0.1) is 0 Å². The minimum Gasteiger partial charge on any atom is -0.481 e. The van der Waals surface area contributed by atoms with Crippen LogP contribution in [0.1, 0.15) is 33.6 Å². The van der Waals surface area contributed by atoms with Crippen molar-refractivity contribution in [1.29, 1.82) is 0 Å². The van der Waals surface area contributed by atoms with E-state index in [1.807, 2.05) is 20.8 Å². The molecule has 21 heavy (non-hydrogen) atoms. The van der Waals surface area contributed by atoms with Gasteiger partial charge in [-0.2, -0.15) is 0 Å². The Kier molecular flexibility index (Phi) is 6.00. The number of rotatable bonds is 5. The minimum absolute atomic E-state index is 0.0125. The zero-order valence-electron chi connectivity index (χ0n) is 12.8. The number of aliphatic carboxylic acids is 1. The molecule has 1 N–H and O–H groups in total. The highest BCUT2D eigenvalue weighted by molar-refractivity contribution is 7.91. The van der Waals surface area contributed by atoms with E-state index in [0.29, 0.717) is 6.54 Å². The summed E-state index contributed by atoms with van der Waals surface area (Å²) < 4.78 is 23.4. The van der Waals surface area contributed by atoms with Crippen molar-refractivity contribution in [1.82, 2.24) is 9.80 Å². The standard InChI is InChI=1S/C13H24N2O5S/c1-4-5-14(10(2)3)13(18)15-6-7-21(19,20)9-11(15)8-12(16)17/h10-11H,4-9H2,1-3H3,(H,16,17). The predicted octanol–water partition coefficient (Wildman–Crippen LogP) is 0.801. The van der Waals surface area contributed by atoms with E-state index >= 15 is 0 Å². The van der Waals surface area contributed by atoms with Gasteiger partial charge in [0.2, 0.25) is 0 Å². The van der Waals surface area contributed by atoms with Crippen LogP contribution < -0.4 is 0 Å². The Morgan fingerprint density at radius 2 is 2.00 bits per heavy atom. The highest BCUT2D eigenvalue weighted by Crippen LogP contribution is 2.18. The number of amides is 2. The molecule has 0 aliphatic carbocycles. The Bertz CT molecular complexity index is 489. The van der Waals surface area contributed by atoms with Crippen molar-refractivity contribution in [2.24, 2.45) is 0 Å².